The van der Waals surface area contributed by atoms with E-state index in [0.717, 1.165) is 66.8 Å². The molecule has 0 aliphatic heterocycles. The number of nitrogens with zero attached hydrogens (tertiary/aromatic N) is 6. The maximum atomic E-state index is 5.08. The Balaban J connectivity index is 0.000000143. The SMILES string of the molecule is c1ccc(-c2cccc(-c3nc(-c4ccc(-c5ccc6ccccc6c5)cc4)nc(-c4ccc5c(c4)sc4ccccc45)n3)c2)cc1.c1ccc(-c2cccc(-c3nc(-c4ccc(-c5cccc6ccccc56)cc4)nc(-c4ccc5c(c4)sc4ccccc45)n3)c2)cc1. The summed E-state index contributed by atoms with van der Waals surface area (Å²) in [6.45, 7) is 0. The first-order valence-electron chi connectivity index (χ1n) is 31.4. The fraction of sp³-hybridized carbons (Fsp3) is 0. The van der Waals surface area contributed by atoms with E-state index >= 15 is 0 Å². The summed E-state index contributed by atoms with van der Waals surface area (Å²) in [6, 6.07) is 115. The molecule has 18 aromatic rings. The molecule has 0 bridgehead atoms. The molecule has 18 rings (SSSR count). The van der Waals surface area contributed by atoms with E-state index < -0.39 is 0 Å². The summed E-state index contributed by atoms with van der Waals surface area (Å²) in [5.74, 6) is 3.92. The molecule has 0 N–H and O–H groups in total. The quantitative estimate of drug-likeness (QED) is 0.136. The van der Waals surface area contributed by atoms with Gasteiger partial charge in [0, 0.05) is 73.7 Å². The zero-order valence-corrected chi connectivity index (χ0v) is 52.3. The lowest BCUT2D eigenvalue weighted by Gasteiger charge is -2.11. The van der Waals surface area contributed by atoms with E-state index in [2.05, 4.69) is 315 Å². The molecule has 0 fully saturated rings. The molecule has 6 nitrogen and oxygen atoms in total. The van der Waals surface area contributed by atoms with Crippen LogP contribution in [0.2, 0.25) is 0 Å². The molecule has 0 atom stereocenters. The highest BCUT2D eigenvalue weighted by Gasteiger charge is 2.18. The van der Waals surface area contributed by atoms with Gasteiger partial charge < -0.3 is 0 Å². The van der Waals surface area contributed by atoms with Crippen molar-refractivity contribution in [2.24, 2.45) is 0 Å². The number of benzene rings is 14. The van der Waals surface area contributed by atoms with Crippen molar-refractivity contribution >= 4 is 84.6 Å². The molecule has 0 radical (unpaired) electrons. The minimum atomic E-state index is 0.649. The van der Waals surface area contributed by atoms with Crippen molar-refractivity contribution < 1.29 is 0 Å². The second-order valence-electron chi connectivity index (χ2n) is 23.4. The number of fused-ring (bicyclic) bond motifs is 8. The van der Waals surface area contributed by atoms with E-state index in [1.807, 2.05) is 12.1 Å². The van der Waals surface area contributed by atoms with Gasteiger partial charge in [-0.1, -0.05) is 285 Å². The van der Waals surface area contributed by atoms with Crippen LogP contribution >= 0.6 is 22.7 Å². The number of rotatable bonds is 10. The van der Waals surface area contributed by atoms with Crippen molar-refractivity contribution in [2.75, 3.05) is 0 Å². The van der Waals surface area contributed by atoms with E-state index in [4.69, 9.17) is 29.9 Å². The molecule has 0 saturated heterocycles. The van der Waals surface area contributed by atoms with Gasteiger partial charge >= 0.3 is 0 Å². The van der Waals surface area contributed by atoms with Gasteiger partial charge in [0.1, 0.15) is 0 Å². The van der Waals surface area contributed by atoms with Crippen molar-refractivity contribution in [3.05, 3.63) is 328 Å². The summed E-state index contributed by atoms with van der Waals surface area (Å²) in [7, 11) is 0. The van der Waals surface area contributed by atoms with Gasteiger partial charge in [-0.2, -0.15) is 0 Å². The summed E-state index contributed by atoms with van der Waals surface area (Å²) in [6.07, 6.45) is 0. The Morgan fingerprint density at radius 3 is 1.00 bits per heavy atom. The summed E-state index contributed by atoms with van der Waals surface area (Å²) in [5.41, 5.74) is 15.0. The molecule has 0 amide bonds. The van der Waals surface area contributed by atoms with E-state index in [1.54, 1.807) is 22.7 Å². The third-order valence-electron chi connectivity index (χ3n) is 17.5. The molecule has 0 unspecified atom stereocenters. The number of hydrogen-bond donors (Lipinski definition) is 0. The molecule has 4 heterocycles. The van der Waals surface area contributed by atoms with Crippen LogP contribution in [0.1, 0.15) is 0 Å². The van der Waals surface area contributed by atoms with E-state index in [1.165, 1.54) is 73.0 Å². The minimum absolute atomic E-state index is 0.649. The lowest BCUT2D eigenvalue weighted by atomic mass is 9.97. The minimum Gasteiger partial charge on any atom is -0.208 e. The van der Waals surface area contributed by atoms with Crippen LogP contribution in [0.3, 0.4) is 0 Å². The standard InChI is InChI=1S/2C43H27N3S/c1-2-10-28(11-3-1)32-14-8-15-33(26-32)42-44-41(31-22-20-30(21-23-31)36-18-9-13-29-12-4-5-16-35(29)36)45-43(46-42)34-24-25-38-37-17-6-7-19-39(37)47-40(38)27-34;1-2-9-28(10-3-1)33-13-8-14-35(26-33)42-44-41(31-20-17-30(18-21-31)34-22-19-29-11-4-5-12-32(29)25-34)45-43(46-42)36-23-24-38-37-15-6-7-16-39(37)47-40(38)27-36/h2*1-27H. The monoisotopic (exact) mass is 1230 g/mol. The van der Waals surface area contributed by atoms with Crippen molar-refractivity contribution in [1.29, 1.82) is 0 Å². The molecule has 0 aliphatic carbocycles. The van der Waals surface area contributed by atoms with Crippen LogP contribution in [-0.2, 0) is 0 Å². The second kappa shape index (κ2) is 24.4. The second-order valence-corrected chi connectivity index (χ2v) is 25.5. The van der Waals surface area contributed by atoms with Gasteiger partial charge in [0.2, 0.25) is 0 Å². The Morgan fingerprint density at radius 2 is 0.479 bits per heavy atom. The zero-order chi connectivity index (χ0) is 62.3. The normalized spacial score (nSPS) is 11.4. The van der Waals surface area contributed by atoms with Gasteiger partial charge in [0.05, 0.1) is 0 Å². The average Bonchev–Trinajstić information content (AvgIpc) is 1.78. The largest absolute Gasteiger partial charge is 0.208 e. The van der Waals surface area contributed by atoms with Gasteiger partial charge in [-0.3, -0.25) is 0 Å². The van der Waals surface area contributed by atoms with Crippen molar-refractivity contribution in [3.8, 4) is 113 Å². The van der Waals surface area contributed by atoms with E-state index in [-0.39, 0.29) is 0 Å². The van der Waals surface area contributed by atoms with Crippen LogP contribution in [0.15, 0.2) is 328 Å². The predicted octanol–water partition coefficient (Wildman–Crippen LogP) is 23.5. The predicted molar refractivity (Wildman–Crippen MR) is 395 cm³/mol. The number of aromatic nitrogens is 6. The fourth-order valence-corrected chi connectivity index (χ4v) is 14.9. The van der Waals surface area contributed by atoms with Gasteiger partial charge in [-0.25, -0.2) is 29.9 Å². The molecular weight excluding hydrogens is 1180 g/mol. The molecule has 14 aromatic carbocycles. The third-order valence-corrected chi connectivity index (χ3v) is 19.7. The summed E-state index contributed by atoms with van der Waals surface area (Å²) in [5, 5.41) is 10.0. The van der Waals surface area contributed by atoms with Crippen LogP contribution in [0.4, 0.5) is 0 Å². The third kappa shape index (κ3) is 11.0. The van der Waals surface area contributed by atoms with Crippen molar-refractivity contribution in [3.63, 3.8) is 0 Å². The highest BCUT2D eigenvalue weighted by Crippen LogP contribution is 2.40. The lowest BCUT2D eigenvalue weighted by Crippen LogP contribution is -2.00. The van der Waals surface area contributed by atoms with E-state index in [0.29, 0.717) is 34.9 Å². The smallest absolute Gasteiger partial charge is 0.164 e. The first-order valence-corrected chi connectivity index (χ1v) is 33.0. The fourth-order valence-electron chi connectivity index (χ4n) is 12.6. The molecule has 440 valence electrons. The van der Waals surface area contributed by atoms with Gasteiger partial charge in [-0.05, 0) is 109 Å². The molecular formula is C86H54N6S2. The van der Waals surface area contributed by atoms with Crippen LogP contribution in [0.5, 0.6) is 0 Å². The highest BCUT2D eigenvalue weighted by molar-refractivity contribution is 7.26. The van der Waals surface area contributed by atoms with Gasteiger partial charge in [-0.15, -0.1) is 22.7 Å². The Kier molecular flexibility index (Phi) is 14.5. The summed E-state index contributed by atoms with van der Waals surface area (Å²) in [4.78, 5) is 30.4. The topological polar surface area (TPSA) is 77.3 Å². The van der Waals surface area contributed by atoms with Crippen molar-refractivity contribution in [2.45, 2.75) is 0 Å². The van der Waals surface area contributed by atoms with Crippen LogP contribution in [0.25, 0.3) is 175 Å². The maximum absolute atomic E-state index is 5.08. The highest BCUT2D eigenvalue weighted by atomic mass is 32.1. The van der Waals surface area contributed by atoms with Crippen LogP contribution in [0, 0.1) is 0 Å². The Hall–Kier alpha value is -11.9. The Bertz CT molecular complexity index is 5850. The maximum Gasteiger partial charge on any atom is 0.164 e. The van der Waals surface area contributed by atoms with Crippen LogP contribution < -0.4 is 0 Å². The van der Waals surface area contributed by atoms with E-state index in [9.17, 15) is 0 Å². The first-order chi connectivity index (χ1) is 46.5. The Morgan fingerprint density at radius 1 is 0.160 bits per heavy atom. The molecule has 4 aromatic heterocycles. The van der Waals surface area contributed by atoms with Crippen molar-refractivity contribution in [1.82, 2.24) is 29.9 Å². The summed E-state index contributed by atoms with van der Waals surface area (Å²) < 4.78 is 5.00. The molecule has 0 spiro atoms. The van der Waals surface area contributed by atoms with Crippen LogP contribution in [-0.4, -0.2) is 29.9 Å². The lowest BCUT2D eigenvalue weighted by molar-refractivity contribution is 1.07. The summed E-state index contributed by atoms with van der Waals surface area (Å²) >= 11 is 3.60. The van der Waals surface area contributed by atoms with Gasteiger partial charge in [0.25, 0.3) is 0 Å². The molecule has 8 heteroatoms. The number of hydrogen-bond acceptors (Lipinski definition) is 8. The molecule has 0 aliphatic rings. The van der Waals surface area contributed by atoms with Gasteiger partial charge in [0.15, 0.2) is 34.9 Å². The Labute approximate surface area is 551 Å². The molecule has 0 saturated carbocycles. The number of thiophene rings is 2. The zero-order valence-electron chi connectivity index (χ0n) is 50.7. The molecule has 94 heavy (non-hydrogen) atoms. The average molecular weight is 1240 g/mol. The first kappa shape index (κ1) is 56.1.